The van der Waals surface area contributed by atoms with Gasteiger partial charge in [0.25, 0.3) is 0 Å². The lowest BCUT2D eigenvalue weighted by Crippen LogP contribution is -2.29. The van der Waals surface area contributed by atoms with Crippen LogP contribution in [0.1, 0.15) is 177 Å². The van der Waals surface area contributed by atoms with Gasteiger partial charge >= 0.3 is 0 Å². The molecule has 11 rings (SSSR count). The number of fused-ring (bicyclic) bond motifs is 6. The third kappa shape index (κ3) is 13.7. The molecule has 0 spiro atoms. The van der Waals surface area contributed by atoms with Gasteiger partial charge in [0.2, 0.25) is 0 Å². The zero-order valence-corrected chi connectivity index (χ0v) is 56.4. The number of unbranched alkanes of at least 4 members (excludes halogenated alkanes) is 10. The maximum absolute atomic E-state index is 6.87. The van der Waals surface area contributed by atoms with Gasteiger partial charge in [-0.05, 0) is 249 Å². The average molecular weight is 1210 g/mol. The van der Waals surface area contributed by atoms with Gasteiger partial charge in [-0.15, -0.1) is 0 Å². The second-order valence-electron chi connectivity index (χ2n) is 26.1. The highest BCUT2D eigenvalue weighted by atomic mass is 16.5. The van der Waals surface area contributed by atoms with Crippen LogP contribution in [-0.2, 0) is 5.41 Å². The van der Waals surface area contributed by atoms with Crippen molar-refractivity contribution in [1.29, 1.82) is 0 Å². The Kier molecular flexibility index (Phi) is 20.8. The first-order valence-electron chi connectivity index (χ1n) is 34.3. The third-order valence-electron chi connectivity index (χ3n) is 18.9. The summed E-state index contributed by atoms with van der Waals surface area (Å²) in [6, 6.07) is 60.1. The van der Waals surface area contributed by atoms with Crippen LogP contribution in [0, 0.1) is 55.4 Å². The van der Waals surface area contributed by atoms with Crippen molar-refractivity contribution >= 4 is 21.8 Å². The SMILES string of the molecule is CCCCCCCCOc1c(C)cc(-n2c3ccc(C)cc3c3cc(-c4ccc5c(c4)C(c4ccccc4)(c4ccc(OCCCCC)c(OCCCCC)c4)c4cc(-c6cc(C)c(OCCCCOc7c(C)cc(C)cc7C)c(C)c6)ccc4-5)ccc32)cc1C. The maximum atomic E-state index is 6.87. The molecule has 1 aromatic heterocycles. The van der Waals surface area contributed by atoms with Gasteiger partial charge in [0, 0.05) is 16.5 Å². The predicted octanol–water partition coefficient (Wildman–Crippen LogP) is 23.1. The fraction of sp³-hybridized carbons (Fsp3) is 0.365. The molecule has 0 aliphatic heterocycles. The molecule has 0 saturated heterocycles. The first-order valence-corrected chi connectivity index (χ1v) is 34.3. The summed E-state index contributed by atoms with van der Waals surface area (Å²) in [6.45, 7) is 27.5. The van der Waals surface area contributed by atoms with Gasteiger partial charge in [0.15, 0.2) is 11.5 Å². The lowest BCUT2D eigenvalue weighted by molar-refractivity contribution is 0.259. The fourth-order valence-electron chi connectivity index (χ4n) is 14.4. The Bertz CT molecular complexity index is 4100. The number of ether oxygens (including phenoxy) is 5. The molecule has 91 heavy (non-hydrogen) atoms. The van der Waals surface area contributed by atoms with Gasteiger partial charge in [-0.3, -0.25) is 0 Å². The van der Waals surface area contributed by atoms with E-state index < -0.39 is 5.41 Å². The van der Waals surface area contributed by atoms with Crippen LogP contribution in [-0.4, -0.2) is 37.6 Å². The number of benzene rings is 9. The van der Waals surface area contributed by atoms with Crippen molar-refractivity contribution < 1.29 is 23.7 Å². The van der Waals surface area contributed by atoms with E-state index in [4.69, 9.17) is 23.7 Å². The Hall–Kier alpha value is -8.22. The summed E-state index contributed by atoms with van der Waals surface area (Å²) in [7, 11) is 0. The second-order valence-corrected chi connectivity index (χ2v) is 26.1. The van der Waals surface area contributed by atoms with E-state index in [0.717, 1.165) is 127 Å². The van der Waals surface area contributed by atoms with Crippen LogP contribution in [0.2, 0.25) is 0 Å². The molecule has 0 N–H and O–H groups in total. The molecule has 1 unspecified atom stereocenters. The number of rotatable bonds is 30. The monoisotopic (exact) mass is 1210 g/mol. The minimum atomic E-state index is -0.745. The number of hydrogen-bond acceptors (Lipinski definition) is 5. The number of aromatic nitrogens is 1. The normalized spacial score (nSPS) is 13.4. The molecule has 1 aliphatic rings. The summed E-state index contributed by atoms with van der Waals surface area (Å²) in [4.78, 5) is 0. The lowest BCUT2D eigenvalue weighted by atomic mass is 9.67. The van der Waals surface area contributed by atoms with Crippen molar-refractivity contribution in [3.8, 4) is 67.8 Å². The maximum Gasteiger partial charge on any atom is 0.161 e. The highest BCUT2D eigenvalue weighted by Crippen LogP contribution is 2.58. The van der Waals surface area contributed by atoms with E-state index in [0.29, 0.717) is 26.4 Å². The van der Waals surface area contributed by atoms with Gasteiger partial charge < -0.3 is 28.3 Å². The van der Waals surface area contributed by atoms with Gasteiger partial charge in [-0.2, -0.15) is 0 Å². The molecular formula is C85H97NO5. The van der Waals surface area contributed by atoms with Crippen LogP contribution < -0.4 is 23.7 Å². The van der Waals surface area contributed by atoms with Crippen LogP contribution in [0.5, 0.6) is 28.7 Å². The quantitative estimate of drug-likeness (QED) is 0.0420. The molecule has 1 atom stereocenters. The lowest BCUT2D eigenvalue weighted by Gasteiger charge is -2.35. The average Bonchev–Trinajstić information content (AvgIpc) is 1.57. The van der Waals surface area contributed by atoms with Gasteiger partial charge in [-0.1, -0.05) is 175 Å². The molecule has 472 valence electrons. The molecule has 6 heteroatoms. The second kappa shape index (κ2) is 29.4. The Morgan fingerprint density at radius 2 is 0.758 bits per heavy atom. The Labute approximate surface area is 543 Å². The Balaban J connectivity index is 0.991. The van der Waals surface area contributed by atoms with E-state index >= 15 is 0 Å². The Morgan fingerprint density at radius 1 is 0.319 bits per heavy atom. The van der Waals surface area contributed by atoms with Gasteiger partial charge in [0.1, 0.15) is 17.2 Å². The number of aryl methyl sites for hydroxylation is 8. The molecule has 1 aliphatic carbocycles. The van der Waals surface area contributed by atoms with E-state index in [1.807, 2.05) is 0 Å². The minimum Gasteiger partial charge on any atom is -0.493 e. The largest absolute Gasteiger partial charge is 0.493 e. The van der Waals surface area contributed by atoms with Crippen molar-refractivity contribution in [1.82, 2.24) is 4.57 Å². The van der Waals surface area contributed by atoms with E-state index in [1.165, 1.54) is 126 Å². The highest BCUT2D eigenvalue weighted by Gasteiger charge is 2.47. The van der Waals surface area contributed by atoms with Crippen molar-refractivity contribution in [2.45, 2.75) is 171 Å². The molecule has 6 nitrogen and oxygen atoms in total. The summed E-state index contributed by atoms with van der Waals surface area (Å²) >= 11 is 0. The molecule has 0 saturated carbocycles. The van der Waals surface area contributed by atoms with Crippen molar-refractivity contribution in [3.05, 3.63) is 224 Å². The van der Waals surface area contributed by atoms with Gasteiger partial charge in [-0.25, -0.2) is 0 Å². The first-order chi connectivity index (χ1) is 44.3. The van der Waals surface area contributed by atoms with Crippen LogP contribution in [0.15, 0.2) is 158 Å². The molecule has 10 aromatic rings. The summed E-state index contributed by atoms with van der Waals surface area (Å²) in [5.41, 5.74) is 24.2. The zero-order chi connectivity index (χ0) is 63.6. The standard InChI is InChI=1S/C85H97NO5/c1-12-15-18-19-20-26-43-89-84-63(10)51-71(52-64(84)11)86-78-38-31-57(4)48-74(78)75-53-65(34-39-79(75)86)66-32-36-72-73-37-33-67(68-49-61(8)83(62(9)50-68)91-45-28-27-44-90-82-59(6)46-58(5)47-60(82)7)55-77(73)85(76(72)54-66,69-29-22-21-23-30-69)70-35-40-80(87-41-24-16-13-2)81(56-70)88-42-25-17-14-3/h21-23,29-40,46-56H,12-20,24-28,41-45H2,1-11H3. The molecule has 9 aromatic carbocycles. The zero-order valence-electron chi connectivity index (χ0n) is 56.4. The summed E-state index contributed by atoms with van der Waals surface area (Å²) in [6.07, 6.45) is 15.7. The smallest absolute Gasteiger partial charge is 0.161 e. The molecule has 0 amide bonds. The van der Waals surface area contributed by atoms with Crippen LogP contribution >= 0.6 is 0 Å². The molecular weight excluding hydrogens is 1110 g/mol. The molecule has 1 heterocycles. The topological polar surface area (TPSA) is 51.1 Å². The van der Waals surface area contributed by atoms with Crippen LogP contribution in [0.4, 0.5) is 0 Å². The first kappa shape index (κ1) is 64.3. The molecule has 0 bridgehead atoms. The predicted molar refractivity (Wildman–Crippen MR) is 382 cm³/mol. The summed E-state index contributed by atoms with van der Waals surface area (Å²) in [5.74, 6) is 4.57. The van der Waals surface area contributed by atoms with Crippen molar-refractivity contribution in [2.24, 2.45) is 0 Å². The van der Waals surface area contributed by atoms with Crippen LogP contribution in [0.3, 0.4) is 0 Å². The highest BCUT2D eigenvalue weighted by molar-refractivity contribution is 6.11. The van der Waals surface area contributed by atoms with Crippen LogP contribution in [0.25, 0.3) is 60.9 Å². The minimum absolute atomic E-state index is 0.624. The van der Waals surface area contributed by atoms with Crippen molar-refractivity contribution in [3.63, 3.8) is 0 Å². The number of nitrogens with zero attached hydrogens (tertiary/aromatic N) is 1. The fourth-order valence-corrected chi connectivity index (χ4v) is 14.4. The van der Waals surface area contributed by atoms with E-state index in [9.17, 15) is 0 Å². The Morgan fingerprint density at radius 3 is 1.34 bits per heavy atom. The number of hydrogen-bond donors (Lipinski definition) is 0. The third-order valence-corrected chi connectivity index (χ3v) is 18.9. The van der Waals surface area contributed by atoms with E-state index in [2.05, 4.69) is 238 Å². The van der Waals surface area contributed by atoms with E-state index in [1.54, 1.807) is 0 Å². The summed E-state index contributed by atoms with van der Waals surface area (Å²) < 4.78 is 35.4. The van der Waals surface area contributed by atoms with E-state index in [-0.39, 0.29) is 0 Å². The molecule has 0 fully saturated rings. The summed E-state index contributed by atoms with van der Waals surface area (Å²) in [5, 5.41) is 2.47. The molecule has 0 radical (unpaired) electrons. The van der Waals surface area contributed by atoms with Crippen molar-refractivity contribution in [2.75, 3.05) is 33.0 Å². The van der Waals surface area contributed by atoms with Gasteiger partial charge in [0.05, 0.1) is 49.5 Å².